The molecule has 1 nitrogen and oxygen atoms in total. The van der Waals surface area contributed by atoms with E-state index < -0.39 is 0 Å². The van der Waals surface area contributed by atoms with E-state index in [9.17, 15) is 4.39 Å². The Hall–Kier alpha value is 0.356. The van der Waals surface area contributed by atoms with Crippen LogP contribution in [0.4, 0.5) is 4.39 Å². The van der Waals surface area contributed by atoms with Crippen LogP contribution in [0.3, 0.4) is 0 Å². The van der Waals surface area contributed by atoms with E-state index in [2.05, 4.69) is 15.9 Å². The normalized spacial score (nSPS) is 13.9. The van der Waals surface area contributed by atoms with E-state index in [0.717, 1.165) is 17.7 Å². The van der Waals surface area contributed by atoms with Crippen LogP contribution in [0.25, 0.3) is 0 Å². The third kappa shape index (κ3) is 6.76. The Bertz CT molecular complexity index is 229. The highest BCUT2D eigenvalue weighted by Crippen LogP contribution is 2.09. The Kier molecular flexibility index (Phi) is 8.87. The molecule has 1 saturated heterocycles. The van der Waals surface area contributed by atoms with Gasteiger partial charge in [-0.15, -0.1) is 0 Å². The van der Waals surface area contributed by atoms with E-state index in [1.807, 2.05) is 0 Å². The lowest BCUT2D eigenvalue weighted by Gasteiger charge is -1.85. The SMILES string of the molecule is C1CCOC1.Fc1cccc(Br)c1.[MgH2]. The van der Waals surface area contributed by atoms with Gasteiger partial charge in [0.2, 0.25) is 0 Å². The number of hydrogen-bond donors (Lipinski definition) is 0. The van der Waals surface area contributed by atoms with Crippen molar-refractivity contribution in [2.24, 2.45) is 0 Å². The molecule has 0 radical (unpaired) electrons. The van der Waals surface area contributed by atoms with Crippen molar-refractivity contribution in [3.8, 4) is 0 Å². The van der Waals surface area contributed by atoms with Gasteiger partial charge < -0.3 is 4.74 Å². The minimum atomic E-state index is -0.209. The number of hydrogen-bond acceptors (Lipinski definition) is 1. The molecule has 4 heteroatoms. The van der Waals surface area contributed by atoms with E-state index >= 15 is 0 Å². The van der Waals surface area contributed by atoms with Crippen LogP contribution in [0.1, 0.15) is 12.8 Å². The third-order valence-corrected chi connectivity index (χ3v) is 2.11. The second-order valence-electron chi connectivity index (χ2n) is 2.76. The van der Waals surface area contributed by atoms with Crippen molar-refractivity contribution in [1.29, 1.82) is 0 Å². The van der Waals surface area contributed by atoms with Gasteiger partial charge in [-0.3, -0.25) is 0 Å². The number of halogens is 2. The van der Waals surface area contributed by atoms with Gasteiger partial charge >= 0.3 is 23.1 Å². The van der Waals surface area contributed by atoms with Gasteiger partial charge in [-0.25, -0.2) is 4.39 Å². The molecule has 0 amide bonds. The Balaban J connectivity index is 0.000000246. The monoisotopic (exact) mass is 272 g/mol. The maximum absolute atomic E-state index is 12.1. The molecule has 0 aromatic heterocycles. The lowest BCUT2D eigenvalue weighted by atomic mass is 10.4. The van der Waals surface area contributed by atoms with Gasteiger partial charge in [-0.2, -0.15) is 0 Å². The summed E-state index contributed by atoms with van der Waals surface area (Å²) in [6.45, 7) is 2.00. The third-order valence-electron chi connectivity index (χ3n) is 1.61. The van der Waals surface area contributed by atoms with E-state index in [-0.39, 0.29) is 28.9 Å². The predicted octanol–water partition coefficient (Wildman–Crippen LogP) is 2.47. The van der Waals surface area contributed by atoms with Crippen molar-refractivity contribution in [3.05, 3.63) is 34.6 Å². The highest BCUT2D eigenvalue weighted by Gasteiger charge is 1.94. The first-order chi connectivity index (χ1) is 6.29. The molecule has 76 valence electrons. The summed E-state index contributed by atoms with van der Waals surface area (Å²) in [4.78, 5) is 0. The molecule has 1 aromatic carbocycles. The van der Waals surface area contributed by atoms with Crippen molar-refractivity contribution in [2.75, 3.05) is 13.2 Å². The minimum absolute atomic E-state index is 0. The first kappa shape index (κ1) is 14.4. The molecule has 14 heavy (non-hydrogen) atoms. The van der Waals surface area contributed by atoms with E-state index in [1.165, 1.54) is 25.0 Å². The molecule has 2 rings (SSSR count). The summed E-state index contributed by atoms with van der Waals surface area (Å²) < 4.78 is 17.9. The van der Waals surface area contributed by atoms with Crippen LogP contribution in [-0.4, -0.2) is 36.3 Å². The minimum Gasteiger partial charge on any atom is -0.381 e. The first-order valence-corrected chi connectivity index (χ1v) is 5.07. The van der Waals surface area contributed by atoms with E-state index in [4.69, 9.17) is 4.74 Å². The summed E-state index contributed by atoms with van der Waals surface area (Å²) in [7, 11) is 0. The fourth-order valence-corrected chi connectivity index (χ4v) is 1.34. The van der Waals surface area contributed by atoms with Crippen LogP contribution in [0.15, 0.2) is 28.7 Å². The summed E-state index contributed by atoms with van der Waals surface area (Å²) in [6.07, 6.45) is 2.56. The number of ether oxygens (including phenoxy) is 1. The molecule has 0 spiro atoms. The summed E-state index contributed by atoms with van der Waals surface area (Å²) >= 11 is 3.12. The zero-order valence-corrected chi connectivity index (χ0v) is 8.89. The molecule has 0 bridgehead atoms. The van der Waals surface area contributed by atoms with Crippen molar-refractivity contribution < 1.29 is 9.13 Å². The van der Waals surface area contributed by atoms with Gasteiger partial charge in [-0.1, -0.05) is 22.0 Å². The molecule has 0 aliphatic carbocycles. The molecule has 1 heterocycles. The molecule has 1 aromatic rings. The summed E-state index contributed by atoms with van der Waals surface area (Å²) in [5.41, 5.74) is 0. The van der Waals surface area contributed by atoms with Gasteiger partial charge in [0.15, 0.2) is 0 Å². The van der Waals surface area contributed by atoms with Crippen LogP contribution < -0.4 is 0 Å². The second kappa shape index (κ2) is 8.65. The van der Waals surface area contributed by atoms with E-state index in [1.54, 1.807) is 12.1 Å². The molecule has 0 atom stereocenters. The number of rotatable bonds is 0. The highest BCUT2D eigenvalue weighted by molar-refractivity contribution is 9.10. The average molecular weight is 273 g/mol. The Labute approximate surface area is 108 Å². The number of benzene rings is 1. The largest absolute Gasteiger partial charge is 0.381 e. The van der Waals surface area contributed by atoms with Crippen LogP contribution in [0, 0.1) is 5.82 Å². The van der Waals surface area contributed by atoms with Gasteiger partial charge in [0.25, 0.3) is 0 Å². The highest BCUT2D eigenvalue weighted by atomic mass is 79.9. The smallest absolute Gasteiger partial charge is 0.316 e. The summed E-state index contributed by atoms with van der Waals surface area (Å²) in [6, 6.07) is 6.26. The van der Waals surface area contributed by atoms with Crippen molar-refractivity contribution >= 4 is 39.0 Å². The maximum atomic E-state index is 12.1. The summed E-state index contributed by atoms with van der Waals surface area (Å²) in [5.74, 6) is -0.209. The van der Waals surface area contributed by atoms with Crippen molar-refractivity contribution in [1.82, 2.24) is 0 Å². The Morgan fingerprint density at radius 2 is 1.86 bits per heavy atom. The molecule has 1 aliphatic rings. The van der Waals surface area contributed by atoms with Crippen LogP contribution in [-0.2, 0) is 4.74 Å². The van der Waals surface area contributed by atoms with Crippen molar-refractivity contribution in [2.45, 2.75) is 12.8 Å². The lowest BCUT2D eigenvalue weighted by molar-refractivity contribution is 0.198. The van der Waals surface area contributed by atoms with Crippen molar-refractivity contribution in [3.63, 3.8) is 0 Å². The molecule has 0 saturated carbocycles. The topological polar surface area (TPSA) is 9.23 Å². The summed E-state index contributed by atoms with van der Waals surface area (Å²) in [5, 5.41) is 0. The van der Waals surface area contributed by atoms with Crippen LogP contribution in [0.2, 0.25) is 0 Å². The molecular weight excluding hydrogens is 259 g/mol. The lowest BCUT2D eigenvalue weighted by Crippen LogP contribution is -1.74. The van der Waals surface area contributed by atoms with Crippen LogP contribution >= 0.6 is 15.9 Å². The van der Waals surface area contributed by atoms with Gasteiger partial charge in [0, 0.05) is 17.7 Å². The van der Waals surface area contributed by atoms with Crippen LogP contribution in [0.5, 0.6) is 0 Å². The Morgan fingerprint density at radius 1 is 1.21 bits per heavy atom. The van der Waals surface area contributed by atoms with E-state index in [0.29, 0.717) is 0 Å². The van der Waals surface area contributed by atoms with Gasteiger partial charge in [0.1, 0.15) is 5.82 Å². The standard InChI is InChI=1S/C6H4BrF.C4H8O.Mg.2H/c7-5-2-1-3-6(8)4-5;1-2-4-5-3-1;;;/h1-4H;1-4H2;;;. The molecule has 0 N–H and O–H groups in total. The molecule has 1 aliphatic heterocycles. The zero-order valence-electron chi connectivity index (χ0n) is 7.30. The quantitative estimate of drug-likeness (QED) is 0.660. The molecule has 1 fully saturated rings. The Morgan fingerprint density at radius 3 is 2.14 bits per heavy atom. The predicted molar refractivity (Wildman–Crippen MR) is 62.7 cm³/mol. The second-order valence-corrected chi connectivity index (χ2v) is 3.68. The zero-order chi connectivity index (χ0) is 9.52. The fourth-order valence-electron chi connectivity index (χ4n) is 0.970. The average Bonchev–Trinajstić information content (AvgIpc) is 2.59. The fraction of sp³-hybridized carbons (Fsp3) is 0.400. The van der Waals surface area contributed by atoms with Gasteiger partial charge in [0.05, 0.1) is 0 Å². The molecular formula is C10H14BrFMgO. The molecule has 0 unspecified atom stereocenters. The first-order valence-electron chi connectivity index (χ1n) is 4.28. The van der Waals surface area contributed by atoms with Gasteiger partial charge in [-0.05, 0) is 31.0 Å². The maximum Gasteiger partial charge on any atom is 0.316 e.